The van der Waals surface area contributed by atoms with Crippen molar-refractivity contribution in [1.82, 2.24) is 0 Å². The quantitative estimate of drug-likeness (QED) is 0.727. The molecule has 0 aliphatic rings. The van der Waals surface area contributed by atoms with Crippen LogP contribution in [-0.2, 0) is 9.59 Å². The summed E-state index contributed by atoms with van der Waals surface area (Å²) in [5.41, 5.74) is -0.807. The molecule has 2 N–H and O–H groups in total. The number of hydrogen-bond acceptors (Lipinski definition) is 3. The normalized spacial score (nSPS) is 13.4. The van der Waals surface area contributed by atoms with Gasteiger partial charge >= 0.3 is 11.9 Å². The van der Waals surface area contributed by atoms with E-state index in [2.05, 4.69) is 6.07 Å². The van der Waals surface area contributed by atoms with Crippen LogP contribution in [0.5, 0.6) is 0 Å². The number of carbonyl (C=O) groups is 2. The van der Waals surface area contributed by atoms with Crippen molar-refractivity contribution in [1.29, 1.82) is 5.26 Å². The summed E-state index contributed by atoms with van der Waals surface area (Å²) in [6, 6.07) is 2.22. The molecule has 0 fully saturated rings. The molecule has 5 nitrogen and oxygen atoms in total. The minimum atomic E-state index is -1.15. The van der Waals surface area contributed by atoms with Crippen LogP contribution in [0.3, 0.4) is 0 Å². The highest BCUT2D eigenvalue weighted by Crippen LogP contribution is 2.41. The lowest BCUT2D eigenvalue weighted by atomic mass is 9.65. The Balaban J connectivity index is 5.23. The van der Waals surface area contributed by atoms with Crippen molar-refractivity contribution in [2.75, 3.05) is 0 Å². The molecule has 18 heavy (non-hydrogen) atoms. The predicted octanol–water partition coefficient (Wildman–Crippen LogP) is 2.37. The van der Waals surface area contributed by atoms with Gasteiger partial charge in [-0.05, 0) is 18.3 Å². The van der Waals surface area contributed by atoms with Crippen molar-refractivity contribution < 1.29 is 19.8 Å². The third-order valence-corrected chi connectivity index (χ3v) is 3.62. The van der Waals surface area contributed by atoms with Crippen LogP contribution in [0, 0.1) is 34.5 Å². The fourth-order valence-corrected chi connectivity index (χ4v) is 2.31. The largest absolute Gasteiger partial charge is 0.481 e. The molecule has 0 saturated heterocycles. The van der Waals surface area contributed by atoms with Gasteiger partial charge in [-0.2, -0.15) is 5.26 Å². The average molecular weight is 255 g/mol. The van der Waals surface area contributed by atoms with E-state index >= 15 is 0 Å². The number of aliphatic carboxylic acids is 2. The van der Waals surface area contributed by atoms with Crippen LogP contribution in [0.2, 0.25) is 0 Å². The van der Waals surface area contributed by atoms with E-state index in [1.807, 2.05) is 27.7 Å². The lowest BCUT2D eigenvalue weighted by molar-refractivity contribution is -0.149. The summed E-state index contributed by atoms with van der Waals surface area (Å²) >= 11 is 0. The van der Waals surface area contributed by atoms with Crippen molar-refractivity contribution in [3.63, 3.8) is 0 Å². The second kappa shape index (κ2) is 6.39. The third-order valence-electron chi connectivity index (χ3n) is 3.62. The van der Waals surface area contributed by atoms with Crippen molar-refractivity contribution >= 4 is 11.9 Å². The second-order valence-electron chi connectivity index (χ2n) is 5.30. The standard InChI is InChI=1S/C13H21NO4/c1-8(2)13(7-14,9(3)4)6-10(12(17)18)5-11(15)16/h8-10H,5-6H2,1-4H3,(H,15,16)(H,17,18). The molecule has 0 amide bonds. The zero-order valence-corrected chi connectivity index (χ0v) is 11.3. The molecule has 0 aromatic carbocycles. The number of nitriles is 1. The number of hydrogen-bond donors (Lipinski definition) is 2. The molecule has 0 aliphatic carbocycles. The van der Waals surface area contributed by atoms with Gasteiger partial charge in [-0.3, -0.25) is 9.59 Å². The van der Waals surface area contributed by atoms with Crippen LogP contribution in [-0.4, -0.2) is 22.2 Å². The maximum atomic E-state index is 11.1. The molecule has 0 aromatic heterocycles. The Bertz CT molecular complexity index is 346. The summed E-state index contributed by atoms with van der Waals surface area (Å²) in [4.78, 5) is 21.8. The van der Waals surface area contributed by atoms with E-state index in [1.165, 1.54) is 0 Å². The van der Waals surface area contributed by atoms with Gasteiger partial charge in [0.15, 0.2) is 0 Å². The third kappa shape index (κ3) is 3.73. The van der Waals surface area contributed by atoms with Gasteiger partial charge in [0.1, 0.15) is 0 Å². The van der Waals surface area contributed by atoms with Gasteiger partial charge in [0.25, 0.3) is 0 Å². The lowest BCUT2D eigenvalue weighted by Crippen LogP contribution is -2.36. The number of carboxylic acid groups (broad SMARTS) is 2. The number of carboxylic acids is 2. The smallest absolute Gasteiger partial charge is 0.307 e. The highest BCUT2D eigenvalue weighted by Gasteiger charge is 2.41. The van der Waals surface area contributed by atoms with E-state index in [-0.39, 0.29) is 18.3 Å². The fraction of sp³-hybridized carbons (Fsp3) is 0.769. The molecule has 0 radical (unpaired) electrons. The minimum Gasteiger partial charge on any atom is -0.481 e. The molecule has 0 heterocycles. The Morgan fingerprint density at radius 2 is 1.61 bits per heavy atom. The van der Waals surface area contributed by atoms with E-state index in [9.17, 15) is 14.9 Å². The summed E-state index contributed by atoms with van der Waals surface area (Å²) < 4.78 is 0. The van der Waals surface area contributed by atoms with Gasteiger partial charge in [-0.15, -0.1) is 0 Å². The van der Waals surface area contributed by atoms with Gasteiger partial charge < -0.3 is 10.2 Å². The maximum Gasteiger partial charge on any atom is 0.307 e. The molecule has 0 bridgehead atoms. The Morgan fingerprint density at radius 3 is 1.83 bits per heavy atom. The van der Waals surface area contributed by atoms with Crippen LogP contribution in [0.15, 0.2) is 0 Å². The van der Waals surface area contributed by atoms with Crippen LogP contribution in [0.1, 0.15) is 40.5 Å². The molecular weight excluding hydrogens is 234 g/mol. The van der Waals surface area contributed by atoms with Crippen LogP contribution in [0.4, 0.5) is 0 Å². The van der Waals surface area contributed by atoms with E-state index in [4.69, 9.17) is 10.2 Å². The number of rotatable bonds is 7. The maximum absolute atomic E-state index is 11.1. The molecular formula is C13H21NO4. The first-order valence-corrected chi connectivity index (χ1v) is 6.03. The highest BCUT2D eigenvalue weighted by atomic mass is 16.4. The Hall–Kier alpha value is -1.57. The summed E-state index contributed by atoms with van der Waals surface area (Å²) in [7, 11) is 0. The molecule has 1 atom stereocenters. The molecule has 0 saturated carbocycles. The predicted molar refractivity (Wildman–Crippen MR) is 65.7 cm³/mol. The van der Waals surface area contributed by atoms with Gasteiger partial charge in [-0.25, -0.2) is 0 Å². The zero-order chi connectivity index (χ0) is 14.5. The Kier molecular flexibility index (Phi) is 5.83. The fourth-order valence-electron chi connectivity index (χ4n) is 2.31. The molecule has 1 unspecified atom stereocenters. The first kappa shape index (κ1) is 16.4. The van der Waals surface area contributed by atoms with Gasteiger partial charge in [-0.1, -0.05) is 27.7 Å². The first-order chi connectivity index (χ1) is 8.17. The molecule has 0 aliphatic heterocycles. The Labute approximate surface area is 107 Å². The van der Waals surface area contributed by atoms with Crippen LogP contribution >= 0.6 is 0 Å². The van der Waals surface area contributed by atoms with E-state index in [1.54, 1.807) is 0 Å². The van der Waals surface area contributed by atoms with Crippen molar-refractivity contribution in [3.8, 4) is 6.07 Å². The number of nitrogens with zero attached hydrogens (tertiary/aromatic N) is 1. The first-order valence-electron chi connectivity index (χ1n) is 6.03. The summed E-state index contributed by atoms with van der Waals surface area (Å²) in [5.74, 6) is -3.39. The topological polar surface area (TPSA) is 98.4 Å². The average Bonchev–Trinajstić information content (AvgIpc) is 2.22. The van der Waals surface area contributed by atoms with Gasteiger partial charge in [0, 0.05) is 0 Å². The summed E-state index contributed by atoms with van der Waals surface area (Å²) in [6.45, 7) is 7.46. The summed E-state index contributed by atoms with van der Waals surface area (Å²) in [6.07, 6.45) is -0.376. The molecule has 0 rings (SSSR count). The van der Waals surface area contributed by atoms with E-state index in [0.29, 0.717) is 0 Å². The molecule has 0 spiro atoms. The lowest BCUT2D eigenvalue weighted by Gasteiger charge is -2.36. The monoisotopic (exact) mass is 255 g/mol. The summed E-state index contributed by atoms with van der Waals surface area (Å²) in [5, 5.41) is 27.2. The molecule has 5 heteroatoms. The van der Waals surface area contributed by atoms with Crippen molar-refractivity contribution in [3.05, 3.63) is 0 Å². The van der Waals surface area contributed by atoms with E-state index < -0.39 is 29.7 Å². The van der Waals surface area contributed by atoms with Gasteiger partial charge in [0.2, 0.25) is 0 Å². The van der Waals surface area contributed by atoms with Crippen molar-refractivity contribution in [2.45, 2.75) is 40.5 Å². The minimum absolute atomic E-state index is 0.0295. The van der Waals surface area contributed by atoms with E-state index in [0.717, 1.165) is 0 Å². The van der Waals surface area contributed by atoms with Crippen molar-refractivity contribution in [2.24, 2.45) is 23.2 Å². The second-order valence-corrected chi connectivity index (χ2v) is 5.30. The van der Waals surface area contributed by atoms with Gasteiger partial charge in [0.05, 0.1) is 23.8 Å². The Morgan fingerprint density at radius 1 is 1.17 bits per heavy atom. The van der Waals surface area contributed by atoms with Crippen LogP contribution in [0.25, 0.3) is 0 Å². The molecule has 0 aromatic rings. The zero-order valence-electron chi connectivity index (χ0n) is 11.3. The molecule has 102 valence electrons. The highest BCUT2D eigenvalue weighted by molar-refractivity contribution is 5.77. The SMILES string of the molecule is CC(C)C(C#N)(CC(CC(=O)O)C(=O)O)C(C)C. The van der Waals surface area contributed by atoms with Crippen LogP contribution < -0.4 is 0 Å².